The van der Waals surface area contributed by atoms with Gasteiger partial charge in [0.1, 0.15) is 5.82 Å². The molecule has 2 rings (SSSR count). The molecule has 1 amide bonds. The molecular weight excluding hydrogens is 343 g/mol. The van der Waals surface area contributed by atoms with E-state index in [4.69, 9.17) is 0 Å². The van der Waals surface area contributed by atoms with Crippen LogP contribution in [0.4, 0.5) is 10.1 Å². The quantitative estimate of drug-likeness (QED) is 0.836. The van der Waals surface area contributed by atoms with Crippen molar-refractivity contribution in [2.24, 2.45) is 5.92 Å². The fourth-order valence-corrected chi connectivity index (χ4v) is 2.65. The van der Waals surface area contributed by atoms with Crippen molar-refractivity contribution >= 4 is 33.5 Å². The molecule has 0 aliphatic carbocycles. The highest BCUT2D eigenvalue weighted by Gasteiger charge is 2.29. The molecule has 1 aliphatic heterocycles. The third kappa shape index (κ3) is 4.25. The van der Waals surface area contributed by atoms with Crippen LogP contribution in [0, 0.1) is 11.7 Å². The number of likely N-dealkylation sites (tertiary alicyclic amines) is 1. The van der Waals surface area contributed by atoms with Crippen molar-refractivity contribution in [2.45, 2.75) is 6.42 Å². The number of hydrogen-bond donors (Lipinski definition) is 1. The number of carbonyl (C=O) groups is 2. The van der Waals surface area contributed by atoms with E-state index in [2.05, 4.69) is 26.0 Å². The number of hydrogen-bond acceptors (Lipinski definition) is 4. The first-order valence-corrected chi connectivity index (χ1v) is 7.34. The van der Waals surface area contributed by atoms with E-state index in [9.17, 15) is 14.0 Å². The molecule has 1 saturated heterocycles. The molecule has 0 bridgehead atoms. The molecule has 1 heterocycles. The number of esters is 1. The van der Waals surface area contributed by atoms with Crippen molar-refractivity contribution in [3.8, 4) is 0 Å². The lowest BCUT2D eigenvalue weighted by Gasteiger charge is -2.15. The summed E-state index contributed by atoms with van der Waals surface area (Å²) in [5, 5.41) is 2.53. The first-order chi connectivity index (χ1) is 9.99. The molecule has 7 heteroatoms. The number of nitrogens with one attached hydrogen (secondary N) is 1. The zero-order valence-corrected chi connectivity index (χ0v) is 13.2. The summed E-state index contributed by atoms with van der Waals surface area (Å²) in [7, 11) is 1.36. The van der Waals surface area contributed by atoms with Crippen LogP contribution in [0.2, 0.25) is 0 Å². The van der Waals surface area contributed by atoms with E-state index < -0.39 is 5.82 Å². The number of amides is 1. The van der Waals surface area contributed by atoms with Crippen molar-refractivity contribution in [3.63, 3.8) is 0 Å². The SMILES string of the molecule is COC(=O)C1CCN(CC(=O)Nc2ccc(Br)cc2F)C1. The molecule has 1 aromatic rings. The van der Waals surface area contributed by atoms with E-state index in [0.29, 0.717) is 24.0 Å². The lowest BCUT2D eigenvalue weighted by Crippen LogP contribution is -2.32. The number of halogens is 2. The van der Waals surface area contributed by atoms with Crippen LogP contribution in [0.1, 0.15) is 6.42 Å². The lowest BCUT2D eigenvalue weighted by molar-refractivity contribution is -0.145. The summed E-state index contributed by atoms with van der Waals surface area (Å²) in [5.41, 5.74) is 0.145. The smallest absolute Gasteiger partial charge is 0.310 e. The van der Waals surface area contributed by atoms with Crippen molar-refractivity contribution in [1.29, 1.82) is 0 Å². The Morgan fingerprint density at radius 2 is 2.29 bits per heavy atom. The predicted molar refractivity (Wildman–Crippen MR) is 79.3 cm³/mol. The van der Waals surface area contributed by atoms with Crippen molar-refractivity contribution in [2.75, 3.05) is 32.1 Å². The van der Waals surface area contributed by atoms with Gasteiger partial charge in [0.2, 0.25) is 5.91 Å². The minimum Gasteiger partial charge on any atom is -0.469 e. The van der Waals surface area contributed by atoms with Gasteiger partial charge in [0, 0.05) is 11.0 Å². The highest BCUT2D eigenvalue weighted by atomic mass is 79.9. The Hall–Kier alpha value is -1.47. The molecule has 0 spiro atoms. The fourth-order valence-electron chi connectivity index (χ4n) is 2.32. The summed E-state index contributed by atoms with van der Waals surface area (Å²) in [6, 6.07) is 4.44. The summed E-state index contributed by atoms with van der Waals surface area (Å²) >= 11 is 3.16. The van der Waals surface area contributed by atoms with Crippen LogP contribution in [-0.2, 0) is 14.3 Å². The van der Waals surface area contributed by atoms with Crippen LogP contribution in [0.25, 0.3) is 0 Å². The van der Waals surface area contributed by atoms with E-state index >= 15 is 0 Å². The molecule has 1 N–H and O–H groups in total. The monoisotopic (exact) mass is 358 g/mol. The van der Waals surface area contributed by atoms with E-state index in [-0.39, 0.29) is 30.0 Å². The molecule has 0 saturated carbocycles. The Morgan fingerprint density at radius 1 is 1.52 bits per heavy atom. The Labute approximate surface area is 130 Å². The molecule has 1 aromatic carbocycles. The van der Waals surface area contributed by atoms with Crippen molar-refractivity contribution < 1.29 is 18.7 Å². The van der Waals surface area contributed by atoms with Gasteiger partial charge in [-0.25, -0.2) is 4.39 Å². The second-order valence-electron chi connectivity index (χ2n) is 4.92. The number of nitrogens with zero attached hydrogens (tertiary/aromatic N) is 1. The maximum absolute atomic E-state index is 13.6. The fraction of sp³-hybridized carbons (Fsp3) is 0.429. The van der Waals surface area contributed by atoms with Gasteiger partial charge in [-0.15, -0.1) is 0 Å². The third-order valence-electron chi connectivity index (χ3n) is 3.38. The predicted octanol–water partition coefficient (Wildman–Crippen LogP) is 2.02. The van der Waals surface area contributed by atoms with Crippen molar-refractivity contribution in [1.82, 2.24) is 4.90 Å². The van der Waals surface area contributed by atoms with Crippen LogP contribution >= 0.6 is 15.9 Å². The standard InChI is InChI=1S/C14H16BrFN2O3/c1-21-14(20)9-4-5-18(7-9)8-13(19)17-12-3-2-10(15)6-11(12)16/h2-3,6,9H,4-5,7-8H2,1H3,(H,17,19). The summed E-state index contributed by atoms with van der Waals surface area (Å²) in [6.07, 6.45) is 0.673. The van der Waals surface area contributed by atoms with Crippen LogP contribution in [-0.4, -0.2) is 43.5 Å². The summed E-state index contributed by atoms with van der Waals surface area (Å²) in [5.74, 6) is -1.24. The maximum atomic E-state index is 13.6. The number of rotatable bonds is 4. The van der Waals surface area contributed by atoms with Gasteiger partial charge < -0.3 is 10.1 Å². The van der Waals surface area contributed by atoms with E-state index in [0.717, 1.165) is 0 Å². The molecular formula is C14H16BrFN2O3. The molecule has 1 fully saturated rings. The second-order valence-corrected chi connectivity index (χ2v) is 5.83. The molecule has 21 heavy (non-hydrogen) atoms. The van der Waals surface area contributed by atoms with E-state index in [1.165, 1.54) is 19.2 Å². The second kappa shape index (κ2) is 7.00. The first kappa shape index (κ1) is 15.9. The minimum absolute atomic E-state index is 0.128. The Balaban J connectivity index is 1.87. The van der Waals surface area contributed by atoms with Crippen LogP contribution in [0.5, 0.6) is 0 Å². The van der Waals surface area contributed by atoms with Gasteiger partial charge in [-0.05, 0) is 31.2 Å². The zero-order chi connectivity index (χ0) is 15.4. The van der Waals surface area contributed by atoms with Crippen LogP contribution < -0.4 is 5.32 Å². The molecule has 1 atom stereocenters. The summed E-state index contributed by atoms with van der Waals surface area (Å²) < 4.78 is 18.9. The number of benzene rings is 1. The Kier molecular flexibility index (Phi) is 5.30. The largest absolute Gasteiger partial charge is 0.469 e. The normalized spacial score (nSPS) is 18.5. The molecule has 1 aliphatic rings. The molecule has 5 nitrogen and oxygen atoms in total. The van der Waals surface area contributed by atoms with Gasteiger partial charge in [-0.2, -0.15) is 0 Å². The first-order valence-electron chi connectivity index (χ1n) is 6.54. The Bertz CT molecular complexity index is 553. The topological polar surface area (TPSA) is 58.6 Å². The van der Waals surface area contributed by atoms with E-state index in [1.807, 2.05) is 4.90 Å². The number of methoxy groups -OCH3 is 1. The van der Waals surface area contributed by atoms with Gasteiger partial charge in [0.15, 0.2) is 0 Å². The average Bonchev–Trinajstić information content (AvgIpc) is 2.89. The average molecular weight is 359 g/mol. The highest BCUT2D eigenvalue weighted by Crippen LogP contribution is 2.20. The molecule has 0 radical (unpaired) electrons. The number of ether oxygens (including phenoxy) is 1. The van der Waals surface area contributed by atoms with Gasteiger partial charge in [0.25, 0.3) is 0 Å². The van der Waals surface area contributed by atoms with Gasteiger partial charge in [-0.3, -0.25) is 14.5 Å². The number of carbonyl (C=O) groups excluding carboxylic acids is 2. The molecule has 114 valence electrons. The minimum atomic E-state index is -0.494. The summed E-state index contributed by atoms with van der Waals surface area (Å²) in [6.45, 7) is 1.27. The Morgan fingerprint density at radius 3 is 2.95 bits per heavy atom. The maximum Gasteiger partial charge on any atom is 0.310 e. The lowest BCUT2D eigenvalue weighted by atomic mass is 10.1. The zero-order valence-electron chi connectivity index (χ0n) is 11.6. The third-order valence-corrected chi connectivity index (χ3v) is 3.87. The molecule has 0 aromatic heterocycles. The van der Waals surface area contributed by atoms with Crippen LogP contribution in [0.15, 0.2) is 22.7 Å². The summed E-state index contributed by atoms with van der Waals surface area (Å²) in [4.78, 5) is 25.2. The van der Waals surface area contributed by atoms with E-state index in [1.54, 1.807) is 6.07 Å². The van der Waals surface area contributed by atoms with Crippen LogP contribution in [0.3, 0.4) is 0 Å². The van der Waals surface area contributed by atoms with Gasteiger partial charge in [-0.1, -0.05) is 15.9 Å². The number of anilines is 1. The van der Waals surface area contributed by atoms with Gasteiger partial charge >= 0.3 is 5.97 Å². The van der Waals surface area contributed by atoms with Gasteiger partial charge in [0.05, 0.1) is 25.3 Å². The highest BCUT2D eigenvalue weighted by molar-refractivity contribution is 9.10. The molecule has 1 unspecified atom stereocenters. The van der Waals surface area contributed by atoms with Crippen molar-refractivity contribution in [3.05, 3.63) is 28.5 Å².